The average Bonchev–Trinajstić information content (AvgIpc) is 2.72. The monoisotopic (exact) mass is 440 g/mol. The SMILES string of the molecule is CSc1cccc(NC(=O)c2ccc(N(Cc3ccccc3C)S(C)(=O)=O)cc2)c1. The topological polar surface area (TPSA) is 66.5 Å². The van der Waals surface area contributed by atoms with Crippen molar-refractivity contribution >= 4 is 39.1 Å². The number of nitrogens with zero attached hydrogens (tertiary/aromatic N) is 1. The fourth-order valence-electron chi connectivity index (χ4n) is 3.03. The summed E-state index contributed by atoms with van der Waals surface area (Å²) in [5, 5.41) is 2.88. The van der Waals surface area contributed by atoms with Crippen molar-refractivity contribution in [2.24, 2.45) is 0 Å². The molecule has 7 heteroatoms. The molecular weight excluding hydrogens is 416 g/mol. The van der Waals surface area contributed by atoms with Gasteiger partial charge in [-0.3, -0.25) is 9.10 Å². The Labute approximate surface area is 182 Å². The highest BCUT2D eigenvalue weighted by Gasteiger charge is 2.19. The van der Waals surface area contributed by atoms with Crippen LogP contribution in [-0.4, -0.2) is 26.8 Å². The first-order valence-electron chi connectivity index (χ1n) is 9.35. The highest BCUT2D eigenvalue weighted by atomic mass is 32.2. The largest absolute Gasteiger partial charge is 0.322 e. The molecule has 3 rings (SSSR count). The Balaban J connectivity index is 1.81. The molecule has 156 valence electrons. The van der Waals surface area contributed by atoms with Gasteiger partial charge in [0.2, 0.25) is 10.0 Å². The van der Waals surface area contributed by atoms with Crippen molar-refractivity contribution in [1.82, 2.24) is 0 Å². The van der Waals surface area contributed by atoms with Gasteiger partial charge in [-0.25, -0.2) is 8.42 Å². The Hall–Kier alpha value is -2.77. The summed E-state index contributed by atoms with van der Waals surface area (Å²) >= 11 is 1.60. The Morgan fingerprint density at radius 2 is 1.70 bits per heavy atom. The van der Waals surface area contributed by atoms with Crippen molar-refractivity contribution < 1.29 is 13.2 Å². The summed E-state index contributed by atoms with van der Waals surface area (Å²) in [7, 11) is -3.49. The highest BCUT2D eigenvalue weighted by Crippen LogP contribution is 2.23. The third-order valence-electron chi connectivity index (χ3n) is 4.72. The van der Waals surface area contributed by atoms with E-state index in [1.807, 2.05) is 61.7 Å². The van der Waals surface area contributed by atoms with E-state index in [0.717, 1.165) is 16.0 Å². The predicted molar refractivity (Wildman–Crippen MR) is 125 cm³/mol. The lowest BCUT2D eigenvalue weighted by Gasteiger charge is -2.23. The molecule has 0 unspecified atom stereocenters. The van der Waals surface area contributed by atoms with E-state index in [4.69, 9.17) is 0 Å². The summed E-state index contributed by atoms with van der Waals surface area (Å²) in [5.74, 6) is -0.246. The molecule has 3 aromatic rings. The van der Waals surface area contributed by atoms with Crippen LogP contribution in [0.5, 0.6) is 0 Å². The predicted octanol–water partition coefficient (Wildman–Crippen LogP) is 4.94. The van der Waals surface area contributed by atoms with E-state index in [9.17, 15) is 13.2 Å². The number of carbonyl (C=O) groups is 1. The maximum Gasteiger partial charge on any atom is 0.255 e. The maximum atomic E-state index is 12.6. The van der Waals surface area contributed by atoms with E-state index in [1.165, 1.54) is 10.6 Å². The Morgan fingerprint density at radius 1 is 1.00 bits per heavy atom. The van der Waals surface area contributed by atoms with Gasteiger partial charge >= 0.3 is 0 Å². The van der Waals surface area contributed by atoms with Crippen molar-refractivity contribution in [2.45, 2.75) is 18.4 Å². The first-order chi connectivity index (χ1) is 14.3. The van der Waals surface area contributed by atoms with Crippen LogP contribution in [0.25, 0.3) is 0 Å². The van der Waals surface area contributed by atoms with Gasteiger partial charge in [0.25, 0.3) is 5.91 Å². The molecule has 0 aliphatic heterocycles. The van der Waals surface area contributed by atoms with Gasteiger partial charge in [-0.1, -0.05) is 30.3 Å². The minimum absolute atomic E-state index is 0.235. The molecule has 30 heavy (non-hydrogen) atoms. The van der Waals surface area contributed by atoms with E-state index in [-0.39, 0.29) is 12.5 Å². The number of hydrogen-bond acceptors (Lipinski definition) is 4. The summed E-state index contributed by atoms with van der Waals surface area (Å²) in [6.07, 6.45) is 3.16. The lowest BCUT2D eigenvalue weighted by atomic mass is 10.1. The second kappa shape index (κ2) is 9.36. The minimum Gasteiger partial charge on any atom is -0.322 e. The highest BCUT2D eigenvalue weighted by molar-refractivity contribution is 7.98. The zero-order chi connectivity index (χ0) is 21.7. The second-order valence-corrected chi connectivity index (χ2v) is 9.72. The van der Waals surface area contributed by atoms with Crippen LogP contribution in [0, 0.1) is 6.92 Å². The van der Waals surface area contributed by atoms with Crippen LogP contribution in [0.15, 0.2) is 77.7 Å². The van der Waals surface area contributed by atoms with Gasteiger partial charge in [0.05, 0.1) is 18.5 Å². The maximum absolute atomic E-state index is 12.6. The summed E-state index contributed by atoms with van der Waals surface area (Å²) in [5.41, 5.74) is 3.64. The van der Waals surface area contributed by atoms with Gasteiger partial charge in [0, 0.05) is 16.1 Å². The van der Waals surface area contributed by atoms with E-state index in [0.29, 0.717) is 16.9 Å². The van der Waals surface area contributed by atoms with E-state index < -0.39 is 10.0 Å². The Kier molecular flexibility index (Phi) is 6.84. The van der Waals surface area contributed by atoms with Crippen LogP contribution in [0.4, 0.5) is 11.4 Å². The molecule has 3 aromatic carbocycles. The molecule has 0 aromatic heterocycles. The lowest BCUT2D eigenvalue weighted by molar-refractivity contribution is 0.102. The van der Waals surface area contributed by atoms with Gasteiger partial charge in [0.15, 0.2) is 0 Å². The number of thioether (sulfide) groups is 1. The molecule has 0 saturated carbocycles. The van der Waals surface area contributed by atoms with Crippen molar-refractivity contribution in [1.29, 1.82) is 0 Å². The van der Waals surface area contributed by atoms with Gasteiger partial charge in [-0.2, -0.15) is 0 Å². The molecule has 1 N–H and O–H groups in total. The Morgan fingerprint density at radius 3 is 2.33 bits per heavy atom. The number of hydrogen-bond donors (Lipinski definition) is 1. The molecule has 0 radical (unpaired) electrons. The zero-order valence-electron chi connectivity index (χ0n) is 17.1. The van der Waals surface area contributed by atoms with Crippen molar-refractivity contribution in [3.05, 3.63) is 89.5 Å². The summed E-state index contributed by atoms with van der Waals surface area (Å²) in [4.78, 5) is 13.6. The van der Waals surface area contributed by atoms with Gasteiger partial charge in [0.1, 0.15) is 0 Å². The molecular formula is C23H24N2O3S2. The lowest BCUT2D eigenvalue weighted by Crippen LogP contribution is -2.29. The fraction of sp³-hybridized carbons (Fsp3) is 0.174. The average molecular weight is 441 g/mol. The van der Waals surface area contributed by atoms with Crippen molar-refractivity contribution in [3.63, 3.8) is 0 Å². The van der Waals surface area contributed by atoms with Crippen LogP contribution >= 0.6 is 11.8 Å². The quantitative estimate of drug-likeness (QED) is 0.529. The molecule has 0 heterocycles. The number of rotatable bonds is 7. The summed E-state index contributed by atoms with van der Waals surface area (Å²) < 4.78 is 26.2. The molecule has 0 spiro atoms. The first kappa shape index (κ1) is 21.9. The molecule has 0 bridgehead atoms. The molecule has 0 fully saturated rings. The van der Waals surface area contributed by atoms with Crippen LogP contribution < -0.4 is 9.62 Å². The normalized spacial score (nSPS) is 11.2. The Bertz CT molecular complexity index is 1140. The third-order valence-corrected chi connectivity index (χ3v) is 6.59. The smallest absolute Gasteiger partial charge is 0.255 e. The van der Waals surface area contributed by atoms with Gasteiger partial charge < -0.3 is 5.32 Å². The standard InChI is InChI=1S/C23H24N2O3S2/c1-17-7-4-5-8-19(17)16-25(30(3,27)28)21-13-11-18(12-14-21)23(26)24-20-9-6-10-22(15-20)29-2/h4-15H,16H2,1-3H3,(H,24,26). The fourth-order valence-corrected chi connectivity index (χ4v) is 4.36. The first-order valence-corrected chi connectivity index (χ1v) is 12.4. The molecule has 0 atom stereocenters. The van der Waals surface area contributed by atoms with Crippen molar-refractivity contribution in [2.75, 3.05) is 22.1 Å². The van der Waals surface area contributed by atoms with E-state index >= 15 is 0 Å². The van der Waals surface area contributed by atoms with E-state index in [2.05, 4.69) is 5.32 Å². The molecule has 0 saturated heterocycles. The van der Waals surface area contributed by atoms with Crippen LogP contribution in [0.3, 0.4) is 0 Å². The number of nitrogens with one attached hydrogen (secondary N) is 1. The minimum atomic E-state index is -3.49. The summed E-state index contributed by atoms with van der Waals surface area (Å²) in [6, 6.07) is 21.9. The third kappa shape index (κ3) is 5.43. The van der Waals surface area contributed by atoms with Crippen LogP contribution in [0.1, 0.15) is 21.5 Å². The van der Waals surface area contributed by atoms with Crippen LogP contribution in [0.2, 0.25) is 0 Å². The van der Waals surface area contributed by atoms with E-state index in [1.54, 1.807) is 36.0 Å². The summed E-state index contributed by atoms with van der Waals surface area (Å²) in [6.45, 7) is 2.19. The molecule has 0 aliphatic carbocycles. The van der Waals surface area contributed by atoms with Gasteiger partial charge in [-0.15, -0.1) is 11.8 Å². The number of aryl methyl sites for hydroxylation is 1. The number of sulfonamides is 1. The molecule has 0 aliphatic rings. The second-order valence-electron chi connectivity index (χ2n) is 6.93. The zero-order valence-corrected chi connectivity index (χ0v) is 18.8. The van der Waals surface area contributed by atoms with Crippen molar-refractivity contribution in [3.8, 4) is 0 Å². The van der Waals surface area contributed by atoms with Crippen LogP contribution in [-0.2, 0) is 16.6 Å². The molecule has 5 nitrogen and oxygen atoms in total. The number of amides is 1. The van der Waals surface area contributed by atoms with Gasteiger partial charge in [-0.05, 0) is 66.8 Å². The number of benzene rings is 3. The number of anilines is 2. The number of carbonyl (C=O) groups excluding carboxylic acids is 1. The molecule has 1 amide bonds.